The quantitative estimate of drug-likeness (QED) is 0.915. The van der Waals surface area contributed by atoms with Crippen LogP contribution in [0.5, 0.6) is 0 Å². The SMILES string of the molecule is C[C@@H](NS(=O)(=O)Cc1ccc(F)cc1)c1ccc(F)c(F)c1. The van der Waals surface area contributed by atoms with Crippen LogP contribution < -0.4 is 4.72 Å². The van der Waals surface area contributed by atoms with Crippen LogP contribution in [-0.4, -0.2) is 8.42 Å². The van der Waals surface area contributed by atoms with E-state index in [-0.39, 0.29) is 5.75 Å². The zero-order valence-electron chi connectivity index (χ0n) is 11.7. The summed E-state index contributed by atoms with van der Waals surface area (Å²) in [5.74, 6) is -2.82. The van der Waals surface area contributed by atoms with Gasteiger partial charge in [0, 0.05) is 6.04 Å². The third-order valence-electron chi connectivity index (χ3n) is 3.07. The maximum Gasteiger partial charge on any atom is 0.216 e. The predicted octanol–water partition coefficient (Wildman–Crippen LogP) is 3.28. The molecule has 0 spiro atoms. The molecule has 0 aliphatic carbocycles. The second-order valence-electron chi connectivity index (χ2n) is 4.90. The Labute approximate surface area is 126 Å². The Balaban J connectivity index is 2.10. The first-order valence-electron chi connectivity index (χ1n) is 6.46. The standard InChI is InChI=1S/C15H14F3NO2S/c1-10(12-4-7-14(17)15(18)8-12)19-22(20,21)9-11-2-5-13(16)6-3-11/h2-8,10,19H,9H2,1H3/t10-/m1/s1. The summed E-state index contributed by atoms with van der Waals surface area (Å²) in [6, 6.07) is 7.56. The predicted molar refractivity (Wildman–Crippen MR) is 76.9 cm³/mol. The van der Waals surface area contributed by atoms with Gasteiger partial charge in [0.25, 0.3) is 0 Å². The summed E-state index contributed by atoms with van der Waals surface area (Å²) < 4.78 is 65.3. The van der Waals surface area contributed by atoms with Crippen molar-refractivity contribution in [3.63, 3.8) is 0 Å². The van der Waals surface area contributed by atoms with Crippen molar-refractivity contribution < 1.29 is 21.6 Å². The van der Waals surface area contributed by atoms with Crippen LogP contribution in [-0.2, 0) is 15.8 Å². The summed E-state index contributed by atoms with van der Waals surface area (Å²) in [6.45, 7) is 1.52. The van der Waals surface area contributed by atoms with E-state index in [9.17, 15) is 21.6 Å². The van der Waals surface area contributed by atoms with E-state index >= 15 is 0 Å². The Hall–Kier alpha value is -1.86. The molecule has 0 aliphatic heterocycles. The second-order valence-corrected chi connectivity index (χ2v) is 6.65. The van der Waals surface area contributed by atoms with Crippen LogP contribution in [0.2, 0.25) is 0 Å². The smallest absolute Gasteiger partial charge is 0.212 e. The van der Waals surface area contributed by atoms with Crippen molar-refractivity contribution in [2.45, 2.75) is 18.7 Å². The fourth-order valence-electron chi connectivity index (χ4n) is 1.96. The molecule has 0 bridgehead atoms. The van der Waals surface area contributed by atoms with Gasteiger partial charge in [0.1, 0.15) is 5.82 Å². The number of rotatable bonds is 5. The van der Waals surface area contributed by atoms with Gasteiger partial charge < -0.3 is 0 Å². The van der Waals surface area contributed by atoms with Gasteiger partial charge >= 0.3 is 0 Å². The molecule has 1 atom stereocenters. The van der Waals surface area contributed by atoms with Crippen molar-refractivity contribution in [2.75, 3.05) is 0 Å². The van der Waals surface area contributed by atoms with E-state index in [0.717, 1.165) is 12.1 Å². The summed E-state index contributed by atoms with van der Waals surface area (Å²) in [4.78, 5) is 0. The van der Waals surface area contributed by atoms with Gasteiger partial charge in [-0.25, -0.2) is 26.3 Å². The number of hydrogen-bond donors (Lipinski definition) is 1. The molecule has 0 aliphatic rings. The molecule has 0 heterocycles. The molecule has 2 aromatic carbocycles. The number of halogens is 3. The molecule has 0 saturated heterocycles. The van der Waals surface area contributed by atoms with Gasteiger partial charge in [0.05, 0.1) is 5.75 Å². The van der Waals surface area contributed by atoms with E-state index in [1.165, 1.54) is 37.3 Å². The van der Waals surface area contributed by atoms with Crippen LogP contribution in [0.4, 0.5) is 13.2 Å². The topological polar surface area (TPSA) is 46.2 Å². The van der Waals surface area contributed by atoms with Crippen molar-refractivity contribution in [3.05, 3.63) is 71.0 Å². The minimum absolute atomic E-state index is 0.307. The van der Waals surface area contributed by atoms with E-state index in [1.54, 1.807) is 0 Å². The third-order valence-corrected chi connectivity index (χ3v) is 4.50. The first kappa shape index (κ1) is 16.5. The van der Waals surface area contributed by atoms with Crippen LogP contribution >= 0.6 is 0 Å². The zero-order chi connectivity index (χ0) is 16.3. The fourth-order valence-corrected chi connectivity index (χ4v) is 3.35. The molecule has 2 aromatic rings. The van der Waals surface area contributed by atoms with Crippen LogP contribution in [0.3, 0.4) is 0 Å². The van der Waals surface area contributed by atoms with Crippen molar-refractivity contribution in [1.82, 2.24) is 4.72 Å². The third kappa shape index (κ3) is 4.32. The first-order chi connectivity index (χ1) is 10.3. The Morgan fingerprint density at radius 1 is 1.00 bits per heavy atom. The molecule has 0 unspecified atom stereocenters. The average Bonchev–Trinajstić information content (AvgIpc) is 2.43. The molecule has 1 N–H and O–H groups in total. The lowest BCUT2D eigenvalue weighted by molar-refractivity contribution is 0.504. The number of nitrogens with one attached hydrogen (secondary N) is 1. The summed E-state index contributed by atoms with van der Waals surface area (Å²) in [7, 11) is -3.71. The highest BCUT2D eigenvalue weighted by Gasteiger charge is 2.17. The Morgan fingerprint density at radius 2 is 1.64 bits per heavy atom. The number of sulfonamides is 1. The highest BCUT2D eigenvalue weighted by molar-refractivity contribution is 7.88. The van der Waals surface area contributed by atoms with E-state index in [4.69, 9.17) is 0 Å². The molecule has 0 saturated carbocycles. The second kappa shape index (κ2) is 6.50. The largest absolute Gasteiger partial charge is 0.216 e. The van der Waals surface area contributed by atoms with Gasteiger partial charge in [-0.05, 0) is 42.3 Å². The lowest BCUT2D eigenvalue weighted by atomic mass is 10.1. The minimum Gasteiger partial charge on any atom is -0.212 e. The highest BCUT2D eigenvalue weighted by Crippen LogP contribution is 2.18. The van der Waals surface area contributed by atoms with E-state index in [0.29, 0.717) is 11.1 Å². The van der Waals surface area contributed by atoms with Crippen molar-refractivity contribution in [3.8, 4) is 0 Å². The molecular weight excluding hydrogens is 315 g/mol. The molecular formula is C15H14F3NO2S. The van der Waals surface area contributed by atoms with Gasteiger partial charge in [0.15, 0.2) is 11.6 Å². The lowest BCUT2D eigenvalue weighted by Gasteiger charge is -2.15. The molecule has 22 heavy (non-hydrogen) atoms. The maximum atomic E-state index is 13.2. The van der Waals surface area contributed by atoms with Gasteiger partial charge in [-0.2, -0.15) is 0 Å². The summed E-state index contributed by atoms with van der Waals surface area (Å²) in [6.07, 6.45) is 0. The van der Waals surface area contributed by atoms with Crippen molar-refractivity contribution >= 4 is 10.0 Å². The van der Waals surface area contributed by atoms with Crippen LogP contribution in [0.25, 0.3) is 0 Å². The van der Waals surface area contributed by atoms with Gasteiger partial charge in [0.2, 0.25) is 10.0 Å². The van der Waals surface area contributed by atoms with Gasteiger partial charge in [-0.15, -0.1) is 0 Å². The van der Waals surface area contributed by atoms with E-state index < -0.39 is 33.5 Å². The summed E-state index contributed by atoms with van der Waals surface area (Å²) in [5.41, 5.74) is 0.730. The maximum absolute atomic E-state index is 13.2. The van der Waals surface area contributed by atoms with Crippen LogP contribution in [0.15, 0.2) is 42.5 Å². The molecule has 7 heteroatoms. The Kier molecular flexibility index (Phi) is 4.87. The Bertz CT molecular complexity index is 761. The molecule has 2 rings (SSSR count). The fraction of sp³-hybridized carbons (Fsp3) is 0.200. The van der Waals surface area contributed by atoms with Gasteiger partial charge in [-0.1, -0.05) is 18.2 Å². The molecule has 0 aromatic heterocycles. The molecule has 3 nitrogen and oxygen atoms in total. The van der Waals surface area contributed by atoms with Crippen molar-refractivity contribution in [1.29, 1.82) is 0 Å². The molecule has 0 amide bonds. The van der Waals surface area contributed by atoms with Crippen LogP contribution in [0, 0.1) is 17.5 Å². The van der Waals surface area contributed by atoms with E-state index in [2.05, 4.69) is 4.72 Å². The highest BCUT2D eigenvalue weighted by atomic mass is 32.2. The average molecular weight is 329 g/mol. The minimum atomic E-state index is -3.71. The Morgan fingerprint density at radius 3 is 2.23 bits per heavy atom. The number of benzene rings is 2. The lowest BCUT2D eigenvalue weighted by Crippen LogP contribution is -2.28. The van der Waals surface area contributed by atoms with Gasteiger partial charge in [-0.3, -0.25) is 0 Å². The molecule has 118 valence electrons. The summed E-state index contributed by atoms with van der Waals surface area (Å²) >= 11 is 0. The number of hydrogen-bond acceptors (Lipinski definition) is 2. The van der Waals surface area contributed by atoms with E-state index in [1.807, 2.05) is 0 Å². The monoisotopic (exact) mass is 329 g/mol. The zero-order valence-corrected chi connectivity index (χ0v) is 12.5. The van der Waals surface area contributed by atoms with Crippen LogP contribution in [0.1, 0.15) is 24.1 Å². The summed E-state index contributed by atoms with van der Waals surface area (Å²) in [5, 5.41) is 0. The normalized spacial score (nSPS) is 13.1. The first-order valence-corrected chi connectivity index (χ1v) is 8.11. The molecule has 0 radical (unpaired) electrons. The van der Waals surface area contributed by atoms with Crippen molar-refractivity contribution in [2.24, 2.45) is 0 Å². The molecule has 0 fully saturated rings.